The molecule has 3 N–H and O–H groups in total. The van der Waals surface area contributed by atoms with E-state index in [4.69, 9.17) is 5.84 Å². The smallest absolute Gasteiger partial charge is 0.408 e. The van der Waals surface area contributed by atoms with Gasteiger partial charge in [-0.15, -0.1) is 10.2 Å². The highest BCUT2D eigenvalue weighted by Gasteiger charge is 2.38. The maximum atomic E-state index is 12.0. The highest BCUT2D eigenvalue weighted by atomic mass is 32.2. The molecule has 0 unspecified atom stereocenters. The van der Waals surface area contributed by atoms with E-state index >= 15 is 0 Å². The molecule has 1 amide bonds. The fourth-order valence-electron chi connectivity index (χ4n) is 0.552. The number of halogens is 3. The van der Waals surface area contributed by atoms with Crippen LogP contribution < -0.4 is 11.3 Å². The first kappa shape index (κ1) is 11.8. The monoisotopic (exact) mass is 242 g/mol. The van der Waals surface area contributed by atoms with E-state index in [0.717, 1.165) is 0 Å². The summed E-state index contributed by atoms with van der Waals surface area (Å²) in [6.07, 6.45) is -4.68. The first-order valence-corrected chi connectivity index (χ1v) is 4.45. The van der Waals surface area contributed by atoms with Gasteiger partial charge in [-0.2, -0.15) is 13.2 Å². The van der Waals surface area contributed by atoms with Gasteiger partial charge in [0.05, 0.1) is 5.75 Å². The highest BCUT2D eigenvalue weighted by molar-refractivity contribution is 7.99. The number of aromatic nitrogens is 2. The lowest BCUT2D eigenvalue weighted by Crippen LogP contribution is -2.31. The van der Waals surface area contributed by atoms with Crippen LogP contribution in [0.5, 0.6) is 0 Å². The first-order valence-electron chi connectivity index (χ1n) is 3.46. The number of alkyl halides is 3. The van der Waals surface area contributed by atoms with E-state index in [9.17, 15) is 18.0 Å². The first-order chi connectivity index (χ1) is 6.93. The molecule has 1 aromatic rings. The molecule has 84 valence electrons. The van der Waals surface area contributed by atoms with Crippen LogP contribution in [0.1, 0.15) is 5.89 Å². The molecule has 1 aromatic heterocycles. The molecule has 0 aliphatic carbocycles. The fourth-order valence-corrected chi connectivity index (χ4v) is 1.13. The molecule has 1 rings (SSSR count). The maximum absolute atomic E-state index is 12.0. The standard InChI is InChI=1S/C5H5F3N4O2S/c6-5(7,8)3-11-12-4(14-3)15-1-2(13)10-9/h1,9H2,(H,10,13). The van der Waals surface area contributed by atoms with Crippen molar-refractivity contribution in [3.8, 4) is 0 Å². The van der Waals surface area contributed by atoms with Crippen LogP contribution in [0.2, 0.25) is 0 Å². The summed E-state index contributed by atoms with van der Waals surface area (Å²) in [5, 5.41) is 5.52. The number of hydrogen-bond donors (Lipinski definition) is 2. The third kappa shape index (κ3) is 3.40. The van der Waals surface area contributed by atoms with E-state index in [1.165, 1.54) is 0 Å². The Kier molecular flexibility index (Phi) is 3.52. The SMILES string of the molecule is NNC(=O)CSc1nnc(C(F)(F)F)o1. The lowest BCUT2D eigenvalue weighted by molar-refractivity contribution is -0.158. The summed E-state index contributed by atoms with van der Waals surface area (Å²) in [6.45, 7) is 0. The van der Waals surface area contributed by atoms with Crippen molar-refractivity contribution in [2.45, 2.75) is 11.4 Å². The van der Waals surface area contributed by atoms with Crippen molar-refractivity contribution in [1.82, 2.24) is 15.6 Å². The Morgan fingerprint density at radius 2 is 2.20 bits per heavy atom. The van der Waals surface area contributed by atoms with Gasteiger partial charge in [0.15, 0.2) is 0 Å². The minimum absolute atomic E-state index is 0.198. The largest absolute Gasteiger partial charge is 0.470 e. The topological polar surface area (TPSA) is 94.0 Å². The number of carbonyl (C=O) groups is 1. The number of hydrogen-bond acceptors (Lipinski definition) is 6. The summed E-state index contributed by atoms with van der Waals surface area (Å²) in [5.74, 6) is 2.54. The quantitative estimate of drug-likeness (QED) is 0.339. The third-order valence-electron chi connectivity index (χ3n) is 1.14. The second kappa shape index (κ2) is 4.49. The molecule has 1 heterocycles. The zero-order valence-corrected chi connectivity index (χ0v) is 7.85. The molecule has 0 saturated heterocycles. The molecule has 0 radical (unpaired) electrons. The predicted molar refractivity (Wildman–Crippen MR) is 42.4 cm³/mol. The Morgan fingerprint density at radius 1 is 1.53 bits per heavy atom. The number of nitrogens with two attached hydrogens (primary N) is 1. The van der Waals surface area contributed by atoms with E-state index in [1.807, 2.05) is 0 Å². The molecule has 0 aliphatic rings. The molecule has 0 spiro atoms. The van der Waals surface area contributed by atoms with Gasteiger partial charge in [-0.25, -0.2) is 5.84 Å². The summed E-state index contributed by atoms with van der Waals surface area (Å²) < 4.78 is 40.1. The molecule has 0 aliphatic heterocycles. The van der Waals surface area contributed by atoms with E-state index in [0.29, 0.717) is 11.8 Å². The van der Waals surface area contributed by atoms with E-state index in [-0.39, 0.29) is 11.0 Å². The Hall–Kier alpha value is -1.29. The Morgan fingerprint density at radius 3 is 2.67 bits per heavy atom. The maximum Gasteiger partial charge on any atom is 0.470 e. The zero-order chi connectivity index (χ0) is 11.5. The van der Waals surface area contributed by atoms with Gasteiger partial charge in [0.1, 0.15) is 0 Å². The van der Waals surface area contributed by atoms with Crippen LogP contribution in [0.15, 0.2) is 9.64 Å². The number of hydrazine groups is 1. The molecular weight excluding hydrogens is 237 g/mol. The van der Waals surface area contributed by atoms with Crippen molar-refractivity contribution in [2.75, 3.05) is 5.75 Å². The van der Waals surface area contributed by atoms with Crippen LogP contribution in [-0.4, -0.2) is 21.9 Å². The average molecular weight is 242 g/mol. The molecular formula is C5H5F3N4O2S. The minimum atomic E-state index is -4.68. The summed E-state index contributed by atoms with van der Waals surface area (Å²) in [6, 6.07) is 0. The van der Waals surface area contributed by atoms with Gasteiger partial charge in [-0.3, -0.25) is 10.2 Å². The normalized spacial score (nSPS) is 11.5. The lowest BCUT2D eigenvalue weighted by atomic mass is 10.7. The van der Waals surface area contributed by atoms with Gasteiger partial charge in [0.2, 0.25) is 5.91 Å². The molecule has 0 bridgehead atoms. The zero-order valence-electron chi connectivity index (χ0n) is 7.04. The van der Waals surface area contributed by atoms with E-state index in [1.54, 1.807) is 5.43 Å². The predicted octanol–water partition coefficient (Wildman–Crippen LogP) is 0.170. The van der Waals surface area contributed by atoms with Gasteiger partial charge in [0, 0.05) is 0 Å². The average Bonchev–Trinajstić information content (AvgIpc) is 2.61. The molecule has 15 heavy (non-hydrogen) atoms. The van der Waals surface area contributed by atoms with Crippen LogP contribution >= 0.6 is 11.8 Å². The van der Waals surface area contributed by atoms with Gasteiger partial charge in [0.25, 0.3) is 5.22 Å². The molecule has 6 nitrogen and oxygen atoms in total. The number of rotatable bonds is 3. The van der Waals surface area contributed by atoms with Crippen molar-refractivity contribution in [3.63, 3.8) is 0 Å². The van der Waals surface area contributed by atoms with Gasteiger partial charge in [-0.1, -0.05) is 11.8 Å². The fraction of sp³-hybridized carbons (Fsp3) is 0.400. The summed E-state index contributed by atoms with van der Waals surface area (Å²) >= 11 is 0.658. The Balaban J connectivity index is 2.58. The van der Waals surface area contributed by atoms with Crippen LogP contribution in [0.25, 0.3) is 0 Å². The number of nitrogens with one attached hydrogen (secondary N) is 1. The van der Waals surface area contributed by atoms with Crippen molar-refractivity contribution in [1.29, 1.82) is 0 Å². The summed E-state index contributed by atoms with van der Waals surface area (Å²) in [4.78, 5) is 10.6. The Labute approximate surface area is 85.4 Å². The van der Waals surface area contributed by atoms with Gasteiger partial charge < -0.3 is 4.42 Å². The molecule has 10 heteroatoms. The van der Waals surface area contributed by atoms with Crippen LogP contribution in [0.3, 0.4) is 0 Å². The Bertz CT molecular complexity index is 352. The van der Waals surface area contributed by atoms with Crippen molar-refractivity contribution in [3.05, 3.63) is 5.89 Å². The molecule has 0 saturated carbocycles. The van der Waals surface area contributed by atoms with Gasteiger partial charge in [-0.05, 0) is 0 Å². The number of carbonyl (C=O) groups excluding carboxylic acids is 1. The van der Waals surface area contributed by atoms with Crippen LogP contribution in [0, 0.1) is 0 Å². The molecule has 0 atom stereocenters. The summed E-state index contributed by atoms with van der Waals surface area (Å²) in [5.41, 5.74) is 1.80. The van der Waals surface area contributed by atoms with E-state index < -0.39 is 18.0 Å². The molecule has 0 fully saturated rings. The number of thioether (sulfide) groups is 1. The van der Waals surface area contributed by atoms with Gasteiger partial charge >= 0.3 is 12.1 Å². The van der Waals surface area contributed by atoms with E-state index in [2.05, 4.69) is 14.6 Å². The minimum Gasteiger partial charge on any atom is -0.408 e. The van der Waals surface area contributed by atoms with Crippen LogP contribution in [0.4, 0.5) is 13.2 Å². The highest BCUT2D eigenvalue weighted by Crippen LogP contribution is 2.29. The van der Waals surface area contributed by atoms with Crippen LogP contribution in [-0.2, 0) is 11.0 Å². The summed E-state index contributed by atoms with van der Waals surface area (Å²) in [7, 11) is 0. The van der Waals surface area contributed by atoms with Crippen molar-refractivity contribution < 1.29 is 22.4 Å². The lowest BCUT2D eigenvalue weighted by Gasteiger charge is -1.97. The third-order valence-corrected chi connectivity index (χ3v) is 1.96. The second-order valence-corrected chi connectivity index (χ2v) is 3.15. The van der Waals surface area contributed by atoms with Crippen molar-refractivity contribution >= 4 is 17.7 Å². The number of amides is 1. The number of nitrogens with zero attached hydrogens (tertiary/aromatic N) is 2. The van der Waals surface area contributed by atoms with Crippen molar-refractivity contribution in [2.24, 2.45) is 5.84 Å². The second-order valence-electron chi connectivity index (χ2n) is 2.23. The molecule has 0 aromatic carbocycles.